The first-order chi connectivity index (χ1) is 51.0. The van der Waals surface area contributed by atoms with Gasteiger partial charge in [0.1, 0.15) is 213 Å². The van der Waals surface area contributed by atoms with Gasteiger partial charge in [-0.3, -0.25) is 14.4 Å². The van der Waals surface area contributed by atoms with Crippen LogP contribution in [0.3, 0.4) is 0 Å². The number of carbonyl (C=O) groups excluding carboxylic acids is 3. The van der Waals surface area contributed by atoms with E-state index < -0.39 is 347 Å². The maximum atomic E-state index is 13.5. The molecule has 8 heterocycles. The Balaban J connectivity index is 1.12. The van der Waals surface area contributed by atoms with Crippen LogP contribution in [0.2, 0.25) is 0 Å². The molecule has 108 heavy (non-hydrogen) atoms. The highest BCUT2D eigenvalue weighted by atomic mass is 16.8. The van der Waals surface area contributed by atoms with E-state index in [0.29, 0.717) is 0 Å². The van der Waals surface area contributed by atoms with Gasteiger partial charge in [0, 0.05) is 20.8 Å². The number of nitrogens with one attached hydrogen (secondary N) is 3. The van der Waals surface area contributed by atoms with Crippen LogP contribution >= 0.6 is 0 Å². The summed E-state index contributed by atoms with van der Waals surface area (Å²) >= 11 is 0. The first-order valence-corrected chi connectivity index (χ1v) is 34.4. The summed E-state index contributed by atoms with van der Waals surface area (Å²) in [7, 11) is 0. The Morgan fingerprint density at radius 3 is 1.06 bits per heavy atom. The summed E-state index contributed by atoms with van der Waals surface area (Å²) in [6.45, 7) is -6.10. The van der Waals surface area contributed by atoms with Crippen LogP contribution < -0.4 is 16.0 Å². The second-order valence-electron chi connectivity index (χ2n) is 27.2. The van der Waals surface area contributed by atoms with Crippen molar-refractivity contribution < 1.29 is 223 Å². The third-order valence-corrected chi connectivity index (χ3v) is 19.6. The zero-order valence-electron chi connectivity index (χ0n) is 58.2. The smallest absolute Gasteiger partial charge is 0.217 e. The number of hydrogen-bond acceptors (Lipinski definition) is 45. The van der Waals surface area contributed by atoms with Crippen LogP contribution in [0.15, 0.2) is 0 Å². The van der Waals surface area contributed by atoms with E-state index >= 15 is 0 Å². The Bertz CT molecular complexity index is 2770. The fourth-order valence-electron chi connectivity index (χ4n) is 13.6. The third-order valence-electron chi connectivity index (χ3n) is 19.6. The second kappa shape index (κ2) is 39.9. The van der Waals surface area contributed by atoms with Gasteiger partial charge in [0.05, 0.1) is 65.6 Å². The maximum absolute atomic E-state index is 13.5. The fourth-order valence-corrected chi connectivity index (χ4v) is 13.6. The maximum Gasteiger partial charge on any atom is 0.217 e. The van der Waals surface area contributed by atoms with E-state index in [1.165, 1.54) is 6.92 Å². The van der Waals surface area contributed by atoms with E-state index in [-0.39, 0.29) is 0 Å². The molecule has 3 amide bonds. The number of amides is 3. The highest BCUT2D eigenvalue weighted by molar-refractivity contribution is 5.74. The van der Waals surface area contributed by atoms with Crippen molar-refractivity contribution in [3.8, 4) is 0 Å². The summed E-state index contributed by atoms with van der Waals surface area (Å²) in [5.74, 6) is -2.86. The lowest BCUT2D eigenvalue weighted by Crippen LogP contribution is -2.71. The molecule has 0 radical (unpaired) electrons. The van der Waals surface area contributed by atoms with Crippen molar-refractivity contribution >= 4 is 17.7 Å². The Kier molecular flexibility index (Phi) is 33.3. The van der Waals surface area contributed by atoms with E-state index in [0.717, 1.165) is 20.8 Å². The molecule has 0 aliphatic carbocycles. The number of aliphatic hydroxyl groups excluding tert-OH is 26. The zero-order valence-corrected chi connectivity index (χ0v) is 58.2. The van der Waals surface area contributed by atoms with Gasteiger partial charge < -0.3 is 225 Å². The standard InChI is InChI=1S/C60H103N3O45/c1-14-30(77)38(85)41(88)56(94-14)106-50-29(63-17(4)74)53(98-25(12-71)49(50)105-59-44(91)51(34(81)22(9-68)97-59)107-54-27(61-15(2)72)36(83)47(23(10-69)99-54)103-57-42(89)39(86)32(79)20(7-66)95-57)93-13-26-35(82)52(45(92)60(101-26)102-46(19(76)6-65)31(78)18(75)5-64)108-55-28(62-16(3)73)37(84)48(24(11-70)100-55)104-58-43(90)40(87)33(80)21(8-67)96-58/h14,18-60,64-71,75-92H,5-13H2,1-4H3,(H,61,72)(H,62,73)(H,63,74)/t14-,18-,19+,20+,21+,22+,23+,24+,25+,26+,27+,28+,29+,30+,31+,32-,33-,34-,35-,36+,37+,38+,39-,40-,41-,42+,43+,44+,45+,46+,47+,48+,49+,50+,51-,52-,53+,54-,55-,56-,57-,58-,59-,60-/m0/s1. The molecular formula is C60H103N3O45. The number of rotatable bonds is 31. The first kappa shape index (κ1) is 90.3. The minimum atomic E-state index is -2.48. The fraction of sp³-hybridized carbons (Fsp3) is 0.950. The van der Waals surface area contributed by atoms with E-state index in [1.807, 2.05) is 0 Å². The van der Waals surface area contributed by atoms with Crippen LogP contribution in [0.5, 0.6) is 0 Å². The Morgan fingerprint density at radius 2 is 0.639 bits per heavy atom. The molecule has 0 spiro atoms. The molecular weight excluding hydrogens is 1480 g/mol. The van der Waals surface area contributed by atoms with Crippen molar-refractivity contribution in [1.29, 1.82) is 0 Å². The molecule has 0 bridgehead atoms. The summed E-state index contributed by atoms with van der Waals surface area (Å²) in [5, 5.41) is 291. The van der Waals surface area contributed by atoms with Crippen molar-refractivity contribution in [2.75, 3.05) is 59.5 Å². The summed E-state index contributed by atoms with van der Waals surface area (Å²) in [6.07, 6.45) is -84.6. The molecule has 8 fully saturated rings. The number of hydrogen-bond donors (Lipinski definition) is 29. The van der Waals surface area contributed by atoms with Crippen molar-refractivity contribution in [3.63, 3.8) is 0 Å². The monoisotopic (exact) mass is 1590 g/mol. The van der Waals surface area contributed by atoms with Crippen molar-refractivity contribution in [3.05, 3.63) is 0 Å². The summed E-state index contributed by atoms with van der Waals surface area (Å²) < 4.78 is 94.8. The second-order valence-corrected chi connectivity index (χ2v) is 27.2. The minimum absolute atomic E-state index is 0.908. The van der Waals surface area contributed by atoms with Gasteiger partial charge in [-0.2, -0.15) is 0 Å². The minimum Gasteiger partial charge on any atom is -0.394 e. The highest BCUT2D eigenvalue weighted by Crippen LogP contribution is 2.40. The average Bonchev–Trinajstić information content (AvgIpc) is 0.769. The Hall–Kier alpha value is -3.27. The van der Waals surface area contributed by atoms with Crippen molar-refractivity contribution in [2.24, 2.45) is 0 Å². The Labute approximate surface area is 612 Å². The molecule has 8 aliphatic rings. The topological polar surface area (TPSA) is 761 Å². The van der Waals surface area contributed by atoms with Crippen LogP contribution in [0, 0.1) is 0 Å². The summed E-state index contributed by atoms with van der Waals surface area (Å²) in [5.41, 5.74) is 0. The molecule has 29 N–H and O–H groups in total. The molecule has 0 aromatic carbocycles. The third kappa shape index (κ3) is 20.1. The number of carbonyl (C=O) groups is 3. The molecule has 0 saturated carbocycles. The SMILES string of the molecule is CC(=O)N[C@H]1[C@H](O[C@H]2[C@@H](O)[C@@H](CO[C@@H]3O[C@H](CO)[C@@H](O[C@@H]4O[C@H](CO)[C@H](O)[C@H](O[C@@H]5O[C@H](CO)[C@@H](O[C@@H]6O[C@H](CO)[C@H](O)[C@H](O)[C@H]6O)[C@H](O)[C@H]5NC(C)=O)[C@H]4O)[C@H](O[C@@H]4O[C@@H](C)[C@@H](O)[C@@H](O)[C@@H]4O)[C@H]3NC(C)=O)O[C@@H](O[C@@H]([C@H](O)[C@@H](O)CO)[C@H](O)CO)[C@@H]2O)O[C@H](CO)[C@@H](O[C@@H]2O[C@H](CO)[C@H](O)[C@H](O)[C@H]2O)[C@@H]1O. The molecule has 44 atom stereocenters. The molecule has 0 aromatic heterocycles. The number of ether oxygens (including phenoxy) is 16. The lowest BCUT2D eigenvalue weighted by Gasteiger charge is -2.51. The van der Waals surface area contributed by atoms with Gasteiger partial charge in [-0.1, -0.05) is 0 Å². The molecule has 0 aromatic rings. The molecule has 8 rings (SSSR count). The van der Waals surface area contributed by atoms with Crippen LogP contribution in [-0.2, 0) is 90.2 Å². The van der Waals surface area contributed by atoms with Crippen LogP contribution in [0.4, 0.5) is 0 Å². The van der Waals surface area contributed by atoms with Crippen molar-refractivity contribution in [1.82, 2.24) is 16.0 Å². The van der Waals surface area contributed by atoms with Gasteiger partial charge in [-0.15, -0.1) is 0 Å². The van der Waals surface area contributed by atoms with Crippen LogP contribution in [0.25, 0.3) is 0 Å². The van der Waals surface area contributed by atoms with Crippen LogP contribution in [0.1, 0.15) is 27.7 Å². The van der Waals surface area contributed by atoms with Crippen molar-refractivity contribution in [2.45, 2.75) is 298 Å². The average molecular weight is 1590 g/mol. The van der Waals surface area contributed by atoms with Gasteiger partial charge in [0.15, 0.2) is 50.3 Å². The lowest BCUT2D eigenvalue weighted by molar-refractivity contribution is -0.390. The summed E-state index contributed by atoms with van der Waals surface area (Å²) in [4.78, 5) is 39.1. The quantitative estimate of drug-likeness (QED) is 0.0306. The normalized spacial score (nSPS) is 47.3. The van der Waals surface area contributed by atoms with Crippen LogP contribution in [-0.4, -0.2) is 480 Å². The first-order valence-electron chi connectivity index (χ1n) is 34.4. The Morgan fingerprint density at radius 1 is 0.315 bits per heavy atom. The molecule has 48 nitrogen and oxygen atoms in total. The predicted molar refractivity (Wildman–Crippen MR) is 333 cm³/mol. The molecule has 8 saturated heterocycles. The van der Waals surface area contributed by atoms with Gasteiger partial charge in [0.2, 0.25) is 17.7 Å². The molecule has 0 unspecified atom stereocenters. The van der Waals surface area contributed by atoms with E-state index in [9.17, 15) is 147 Å². The number of aliphatic hydroxyl groups is 26. The highest BCUT2D eigenvalue weighted by Gasteiger charge is 2.61. The largest absolute Gasteiger partial charge is 0.394 e. The van der Waals surface area contributed by atoms with E-state index in [2.05, 4.69) is 16.0 Å². The van der Waals surface area contributed by atoms with E-state index in [4.69, 9.17) is 75.8 Å². The van der Waals surface area contributed by atoms with Gasteiger partial charge in [-0.25, -0.2) is 0 Å². The molecule has 628 valence electrons. The lowest BCUT2D eigenvalue weighted by atomic mass is 9.93. The van der Waals surface area contributed by atoms with Gasteiger partial charge >= 0.3 is 0 Å². The van der Waals surface area contributed by atoms with Gasteiger partial charge in [0.25, 0.3) is 0 Å². The molecule has 48 heteroatoms. The molecule has 8 aliphatic heterocycles. The zero-order chi connectivity index (χ0) is 79.9. The summed E-state index contributed by atoms with van der Waals surface area (Å²) in [6, 6.07) is -5.79. The van der Waals surface area contributed by atoms with E-state index in [1.54, 1.807) is 0 Å². The van der Waals surface area contributed by atoms with Gasteiger partial charge in [-0.05, 0) is 6.92 Å². The predicted octanol–water partition coefficient (Wildman–Crippen LogP) is -19.5.